The van der Waals surface area contributed by atoms with Crippen LogP contribution in [0.25, 0.3) is 0 Å². The van der Waals surface area contributed by atoms with Gasteiger partial charge in [-0.3, -0.25) is 4.68 Å². The topological polar surface area (TPSA) is 17.8 Å². The van der Waals surface area contributed by atoms with Crippen LogP contribution in [0.3, 0.4) is 0 Å². The first-order valence-electron chi connectivity index (χ1n) is 3.80. The van der Waals surface area contributed by atoms with Crippen LogP contribution in [-0.2, 0) is 6.54 Å². The first-order chi connectivity index (χ1) is 5.16. The van der Waals surface area contributed by atoms with Crippen molar-refractivity contribution >= 4 is 0 Å². The zero-order chi connectivity index (χ0) is 8.43. The monoisotopic (exact) mass is 155 g/mol. The normalized spacial score (nSPS) is 11.0. The van der Waals surface area contributed by atoms with Crippen molar-refractivity contribution in [1.82, 2.24) is 9.78 Å². The molecule has 0 unspecified atom stereocenters. The van der Waals surface area contributed by atoms with E-state index in [1.807, 2.05) is 20.8 Å². The first-order valence-corrected chi connectivity index (χ1v) is 3.80. The van der Waals surface area contributed by atoms with Gasteiger partial charge in [-0.1, -0.05) is 13.8 Å². The molecule has 0 amide bonds. The Morgan fingerprint density at radius 3 is 2.64 bits per heavy atom. The summed E-state index contributed by atoms with van der Waals surface area (Å²) in [6.07, 6.45) is 2.32. The van der Waals surface area contributed by atoms with E-state index in [9.17, 15) is 4.39 Å². The molecule has 61 valence electrons. The minimum Gasteiger partial charge on any atom is -0.266 e. The number of nitrogens with zero attached hydrogens (tertiary/aromatic N) is 2. The minimum absolute atomic E-state index is 0.175. The fraction of sp³-hybridized carbons (Fsp3) is 0.625. The lowest BCUT2D eigenvalue weighted by Gasteiger charge is -2.06. The van der Waals surface area contributed by atoms with Gasteiger partial charge in [0.15, 0.2) is 12.0 Å². The van der Waals surface area contributed by atoms with Crippen molar-refractivity contribution in [3.8, 4) is 0 Å². The Balaban J connectivity index is 3.07. The van der Waals surface area contributed by atoms with Crippen molar-refractivity contribution in [2.75, 3.05) is 0 Å². The van der Waals surface area contributed by atoms with Gasteiger partial charge in [0.2, 0.25) is 0 Å². The average Bonchev–Trinajstić information content (AvgIpc) is 2.30. The van der Waals surface area contributed by atoms with Crippen LogP contribution >= 0.6 is 0 Å². The predicted octanol–water partition coefficient (Wildman–Crippen LogP) is 1.97. The van der Waals surface area contributed by atoms with Crippen LogP contribution in [-0.4, -0.2) is 9.78 Å². The summed E-state index contributed by atoms with van der Waals surface area (Å²) in [6, 6.07) is 0. The van der Waals surface area contributed by atoms with E-state index in [1.54, 1.807) is 4.68 Å². The predicted molar refractivity (Wildman–Crippen MR) is 40.8 cm³/mol. The zero-order valence-electron chi connectivity index (χ0n) is 7.06. The van der Waals surface area contributed by atoms with Crippen LogP contribution in [0.15, 0.2) is 0 Å². The van der Waals surface area contributed by atoms with Gasteiger partial charge >= 0.3 is 0 Å². The highest BCUT2D eigenvalue weighted by molar-refractivity contribution is 5.07. The molecule has 0 spiro atoms. The number of aryl methyl sites for hydroxylation is 1. The van der Waals surface area contributed by atoms with Gasteiger partial charge in [0.1, 0.15) is 0 Å². The largest absolute Gasteiger partial charge is 0.266 e. The summed E-state index contributed by atoms with van der Waals surface area (Å²) in [5.41, 5.74) is 0.646. The Labute approximate surface area is 66.0 Å². The van der Waals surface area contributed by atoms with Gasteiger partial charge in [0.25, 0.3) is 0 Å². The number of hydrogen-bond acceptors (Lipinski definition) is 1. The van der Waals surface area contributed by atoms with Crippen LogP contribution in [0.5, 0.6) is 0 Å². The third-order valence-electron chi connectivity index (χ3n) is 1.62. The molecule has 0 aliphatic heterocycles. The molecule has 0 bridgehead atoms. The lowest BCUT2D eigenvalue weighted by molar-refractivity contribution is 0.552. The van der Waals surface area contributed by atoms with Crippen molar-refractivity contribution < 1.29 is 4.39 Å². The number of rotatable bonds is 2. The second-order valence-corrected chi connectivity index (χ2v) is 2.78. The summed E-state index contributed by atoms with van der Waals surface area (Å²) in [7, 11) is 0. The van der Waals surface area contributed by atoms with Crippen molar-refractivity contribution in [1.29, 1.82) is 0 Å². The second kappa shape index (κ2) is 3.03. The molecule has 1 radical (unpaired) electrons. The number of aromatic nitrogens is 2. The molecule has 1 aromatic heterocycles. The molecule has 0 aliphatic carbocycles. The number of hydrogen-bond donors (Lipinski definition) is 0. The smallest absolute Gasteiger partial charge is 0.174 e. The summed E-state index contributed by atoms with van der Waals surface area (Å²) in [4.78, 5) is 0. The SMILES string of the molecule is CCn1n[c]c(F)c1C(C)C. The fourth-order valence-corrected chi connectivity index (χ4v) is 1.12. The maximum Gasteiger partial charge on any atom is 0.174 e. The van der Waals surface area contributed by atoms with Crippen LogP contribution in [0.4, 0.5) is 4.39 Å². The fourth-order valence-electron chi connectivity index (χ4n) is 1.12. The van der Waals surface area contributed by atoms with E-state index in [4.69, 9.17) is 0 Å². The third kappa shape index (κ3) is 1.42. The molecular formula is C8H12FN2. The van der Waals surface area contributed by atoms with Crippen molar-refractivity contribution in [2.24, 2.45) is 0 Å². The highest BCUT2D eigenvalue weighted by Gasteiger charge is 2.12. The summed E-state index contributed by atoms with van der Waals surface area (Å²) >= 11 is 0. The quantitative estimate of drug-likeness (QED) is 0.638. The van der Waals surface area contributed by atoms with Crippen LogP contribution in [0.2, 0.25) is 0 Å². The van der Waals surface area contributed by atoms with Gasteiger partial charge in [-0.25, -0.2) is 4.39 Å². The van der Waals surface area contributed by atoms with Crippen molar-refractivity contribution in [2.45, 2.75) is 33.2 Å². The minimum atomic E-state index is -0.318. The highest BCUT2D eigenvalue weighted by Crippen LogP contribution is 2.16. The maximum atomic E-state index is 12.9. The van der Waals surface area contributed by atoms with Crippen LogP contribution in [0, 0.1) is 12.0 Å². The lowest BCUT2D eigenvalue weighted by Crippen LogP contribution is -2.04. The molecule has 0 aromatic carbocycles. The Kier molecular flexibility index (Phi) is 2.27. The van der Waals surface area contributed by atoms with E-state index < -0.39 is 0 Å². The first kappa shape index (κ1) is 8.24. The summed E-state index contributed by atoms with van der Waals surface area (Å²) in [6.45, 7) is 6.53. The summed E-state index contributed by atoms with van der Waals surface area (Å²) in [5, 5.41) is 3.77. The van der Waals surface area contributed by atoms with Gasteiger partial charge in [-0.2, -0.15) is 5.10 Å². The number of halogens is 1. The molecular weight excluding hydrogens is 143 g/mol. The Hall–Kier alpha value is -0.860. The summed E-state index contributed by atoms with van der Waals surface area (Å²) < 4.78 is 14.5. The molecule has 2 nitrogen and oxygen atoms in total. The van der Waals surface area contributed by atoms with E-state index >= 15 is 0 Å². The molecule has 0 saturated carbocycles. The van der Waals surface area contributed by atoms with E-state index in [2.05, 4.69) is 11.3 Å². The molecule has 0 fully saturated rings. The van der Waals surface area contributed by atoms with E-state index in [-0.39, 0.29) is 11.7 Å². The van der Waals surface area contributed by atoms with E-state index in [1.165, 1.54) is 0 Å². The van der Waals surface area contributed by atoms with Gasteiger partial charge in [0.05, 0.1) is 5.69 Å². The average molecular weight is 155 g/mol. The zero-order valence-corrected chi connectivity index (χ0v) is 7.06. The molecule has 1 heterocycles. The highest BCUT2D eigenvalue weighted by atomic mass is 19.1. The Morgan fingerprint density at radius 1 is 1.64 bits per heavy atom. The third-order valence-corrected chi connectivity index (χ3v) is 1.62. The van der Waals surface area contributed by atoms with E-state index in [0.717, 1.165) is 0 Å². The molecule has 0 saturated heterocycles. The van der Waals surface area contributed by atoms with E-state index in [0.29, 0.717) is 12.2 Å². The van der Waals surface area contributed by atoms with Gasteiger partial charge < -0.3 is 0 Å². The molecule has 1 aromatic rings. The standard InChI is InChI=1S/C8H12FN2/c1-4-11-8(6(2)3)7(9)5-10-11/h6H,4H2,1-3H3. The van der Waals surface area contributed by atoms with Crippen molar-refractivity contribution in [3.63, 3.8) is 0 Å². The van der Waals surface area contributed by atoms with Gasteiger partial charge in [-0.15, -0.1) is 0 Å². The van der Waals surface area contributed by atoms with Gasteiger partial charge in [0, 0.05) is 6.54 Å². The van der Waals surface area contributed by atoms with Crippen molar-refractivity contribution in [3.05, 3.63) is 17.7 Å². The molecule has 0 N–H and O–H groups in total. The molecule has 0 aliphatic rings. The summed E-state index contributed by atoms with van der Waals surface area (Å²) in [5.74, 6) is -0.143. The van der Waals surface area contributed by atoms with Gasteiger partial charge in [-0.05, 0) is 12.8 Å². The molecule has 11 heavy (non-hydrogen) atoms. The molecule has 1 rings (SSSR count). The molecule has 0 atom stereocenters. The Morgan fingerprint density at radius 2 is 2.27 bits per heavy atom. The van der Waals surface area contributed by atoms with Crippen LogP contribution in [0.1, 0.15) is 32.4 Å². The maximum absolute atomic E-state index is 12.9. The van der Waals surface area contributed by atoms with Crippen LogP contribution < -0.4 is 0 Å². The Bertz CT molecular complexity index is 240. The second-order valence-electron chi connectivity index (χ2n) is 2.78. The lowest BCUT2D eigenvalue weighted by atomic mass is 10.1. The molecule has 3 heteroatoms.